The summed E-state index contributed by atoms with van der Waals surface area (Å²) in [6.45, 7) is 0.595. The lowest BCUT2D eigenvalue weighted by atomic mass is 9.77. The second-order valence-electron chi connectivity index (χ2n) is 8.68. The normalized spacial score (nSPS) is 22.0. The lowest BCUT2D eigenvalue weighted by molar-refractivity contribution is -0.156. The molecule has 1 saturated heterocycles. The van der Waals surface area contributed by atoms with Gasteiger partial charge in [-0.1, -0.05) is 55.3 Å². The summed E-state index contributed by atoms with van der Waals surface area (Å²) in [5, 5.41) is 0. The minimum Gasteiger partial charge on any atom is -0.497 e. The van der Waals surface area contributed by atoms with Crippen LogP contribution in [0.2, 0.25) is 0 Å². The van der Waals surface area contributed by atoms with E-state index in [4.69, 9.17) is 14.2 Å². The average molecular weight is 438 g/mol. The summed E-state index contributed by atoms with van der Waals surface area (Å²) in [5.41, 5.74) is 1.29. The Hall–Kier alpha value is -2.86. The van der Waals surface area contributed by atoms with Gasteiger partial charge < -0.3 is 19.1 Å². The van der Waals surface area contributed by atoms with Crippen LogP contribution in [0.15, 0.2) is 54.6 Å². The van der Waals surface area contributed by atoms with Crippen LogP contribution in [0, 0.1) is 0 Å². The smallest absolute Gasteiger partial charge is 0.329 e. The SMILES string of the molecule is COc1ccc(C2(C(=O)N3C[C@H](OC)C[C@@H]3C(=O)OCc3ccccc3)CCCC2)cc1. The average Bonchev–Trinajstić information content (AvgIpc) is 3.51. The number of ether oxygens (including phenoxy) is 3. The van der Waals surface area contributed by atoms with Gasteiger partial charge in [0.25, 0.3) is 0 Å². The van der Waals surface area contributed by atoms with E-state index in [1.54, 1.807) is 19.1 Å². The van der Waals surface area contributed by atoms with Gasteiger partial charge in [-0.15, -0.1) is 0 Å². The molecule has 170 valence electrons. The van der Waals surface area contributed by atoms with Crippen molar-refractivity contribution in [2.24, 2.45) is 0 Å². The molecule has 6 nitrogen and oxygen atoms in total. The first-order valence-electron chi connectivity index (χ1n) is 11.3. The fraction of sp³-hybridized carbons (Fsp3) is 0.462. The van der Waals surface area contributed by atoms with Gasteiger partial charge in [0.1, 0.15) is 18.4 Å². The predicted molar refractivity (Wildman–Crippen MR) is 120 cm³/mol. The molecule has 32 heavy (non-hydrogen) atoms. The first kappa shape index (κ1) is 22.3. The molecule has 0 N–H and O–H groups in total. The van der Waals surface area contributed by atoms with Crippen LogP contribution in [0.5, 0.6) is 5.75 Å². The van der Waals surface area contributed by atoms with Crippen molar-refractivity contribution < 1.29 is 23.8 Å². The van der Waals surface area contributed by atoms with Crippen LogP contribution in [-0.2, 0) is 31.1 Å². The zero-order valence-corrected chi connectivity index (χ0v) is 18.8. The Morgan fingerprint density at radius 1 is 1.00 bits per heavy atom. The molecule has 0 spiro atoms. The number of hydrogen-bond acceptors (Lipinski definition) is 5. The quantitative estimate of drug-likeness (QED) is 0.616. The zero-order chi connectivity index (χ0) is 22.6. The van der Waals surface area contributed by atoms with E-state index in [1.807, 2.05) is 54.6 Å². The van der Waals surface area contributed by atoms with E-state index >= 15 is 0 Å². The Kier molecular flexibility index (Phi) is 6.80. The molecule has 4 rings (SSSR count). The first-order valence-corrected chi connectivity index (χ1v) is 11.3. The fourth-order valence-electron chi connectivity index (χ4n) is 5.03. The number of esters is 1. The van der Waals surface area contributed by atoms with Crippen molar-refractivity contribution in [1.82, 2.24) is 4.90 Å². The van der Waals surface area contributed by atoms with Gasteiger partial charge in [0.2, 0.25) is 5.91 Å². The third kappa shape index (κ3) is 4.37. The topological polar surface area (TPSA) is 65.1 Å². The van der Waals surface area contributed by atoms with E-state index in [9.17, 15) is 9.59 Å². The molecular weight excluding hydrogens is 406 g/mol. The Balaban J connectivity index is 1.56. The minimum atomic E-state index is -0.633. The third-order valence-electron chi connectivity index (χ3n) is 6.86. The predicted octanol–water partition coefficient (Wildman–Crippen LogP) is 3.87. The number of rotatable bonds is 7. The fourth-order valence-corrected chi connectivity index (χ4v) is 5.03. The molecular formula is C26H31NO5. The number of hydrogen-bond donors (Lipinski definition) is 0. The monoisotopic (exact) mass is 437 g/mol. The molecule has 0 unspecified atom stereocenters. The van der Waals surface area contributed by atoms with Crippen molar-refractivity contribution in [3.05, 3.63) is 65.7 Å². The standard InChI is InChI=1S/C26H31NO5/c1-30-21-12-10-20(11-13-21)26(14-6-7-15-26)25(29)27-17-22(31-2)16-23(27)24(28)32-18-19-8-4-3-5-9-19/h3-5,8-13,22-23H,6-7,14-18H2,1-2H3/t22-,23-/m1/s1. The molecule has 2 fully saturated rings. The van der Waals surface area contributed by atoms with Crippen LogP contribution >= 0.6 is 0 Å². The molecule has 0 bridgehead atoms. The van der Waals surface area contributed by atoms with Crippen LogP contribution in [0.1, 0.15) is 43.2 Å². The second-order valence-corrected chi connectivity index (χ2v) is 8.68. The van der Waals surface area contributed by atoms with Crippen LogP contribution in [-0.4, -0.2) is 49.7 Å². The molecule has 2 atom stereocenters. The molecule has 0 radical (unpaired) electrons. The largest absolute Gasteiger partial charge is 0.497 e. The molecule has 1 aliphatic heterocycles. The van der Waals surface area contributed by atoms with Crippen LogP contribution in [0.25, 0.3) is 0 Å². The minimum absolute atomic E-state index is 0.00128. The maximum atomic E-state index is 14.0. The van der Waals surface area contributed by atoms with Crippen molar-refractivity contribution in [2.75, 3.05) is 20.8 Å². The molecule has 1 heterocycles. The summed E-state index contributed by atoms with van der Waals surface area (Å²) >= 11 is 0. The maximum absolute atomic E-state index is 14.0. The van der Waals surface area contributed by atoms with E-state index in [1.165, 1.54) is 0 Å². The van der Waals surface area contributed by atoms with Gasteiger partial charge in [0.15, 0.2) is 0 Å². The summed E-state index contributed by atoms with van der Waals surface area (Å²) in [5.74, 6) is 0.392. The Morgan fingerprint density at radius 3 is 2.31 bits per heavy atom. The Labute approximate surface area is 189 Å². The molecule has 2 aromatic rings. The van der Waals surface area contributed by atoms with Crippen molar-refractivity contribution >= 4 is 11.9 Å². The van der Waals surface area contributed by atoms with E-state index in [0.29, 0.717) is 13.0 Å². The van der Waals surface area contributed by atoms with Gasteiger partial charge in [-0.3, -0.25) is 4.79 Å². The van der Waals surface area contributed by atoms with Crippen molar-refractivity contribution in [3.8, 4) is 5.75 Å². The van der Waals surface area contributed by atoms with Crippen molar-refractivity contribution in [1.29, 1.82) is 0 Å². The second kappa shape index (κ2) is 9.74. The summed E-state index contributed by atoms with van der Waals surface area (Å²) < 4.78 is 16.5. The summed E-state index contributed by atoms with van der Waals surface area (Å²) in [4.78, 5) is 28.8. The number of methoxy groups -OCH3 is 2. The summed E-state index contributed by atoms with van der Waals surface area (Å²) in [6, 6.07) is 16.7. The van der Waals surface area contributed by atoms with E-state index in [-0.39, 0.29) is 24.6 Å². The number of nitrogens with zero attached hydrogens (tertiary/aromatic N) is 1. The Bertz CT molecular complexity index is 921. The highest BCUT2D eigenvalue weighted by Gasteiger charge is 2.50. The molecule has 0 aromatic heterocycles. The Morgan fingerprint density at radius 2 is 1.69 bits per heavy atom. The number of amides is 1. The molecule has 2 aliphatic rings. The van der Waals surface area contributed by atoms with E-state index < -0.39 is 11.5 Å². The van der Waals surface area contributed by atoms with E-state index in [2.05, 4.69) is 0 Å². The summed E-state index contributed by atoms with van der Waals surface area (Å²) in [6.07, 6.45) is 3.80. The van der Waals surface area contributed by atoms with Crippen LogP contribution in [0.3, 0.4) is 0 Å². The lowest BCUT2D eigenvalue weighted by Crippen LogP contribution is -2.50. The van der Waals surface area contributed by atoms with Crippen LogP contribution < -0.4 is 4.74 Å². The first-order chi connectivity index (χ1) is 15.6. The summed E-state index contributed by atoms with van der Waals surface area (Å²) in [7, 11) is 3.26. The van der Waals surface area contributed by atoms with E-state index in [0.717, 1.165) is 42.6 Å². The van der Waals surface area contributed by atoms with Gasteiger partial charge in [-0.2, -0.15) is 0 Å². The van der Waals surface area contributed by atoms with Crippen LogP contribution in [0.4, 0.5) is 0 Å². The molecule has 6 heteroatoms. The van der Waals surface area contributed by atoms with Gasteiger partial charge in [0, 0.05) is 20.1 Å². The molecule has 1 aliphatic carbocycles. The van der Waals surface area contributed by atoms with Gasteiger partial charge in [-0.25, -0.2) is 4.79 Å². The highest BCUT2D eigenvalue weighted by molar-refractivity contribution is 5.93. The number of carbonyl (C=O) groups excluding carboxylic acids is 2. The van der Waals surface area contributed by atoms with Crippen molar-refractivity contribution in [2.45, 2.75) is 56.3 Å². The highest BCUT2D eigenvalue weighted by Crippen LogP contribution is 2.44. The van der Waals surface area contributed by atoms with Gasteiger partial charge in [-0.05, 0) is 36.1 Å². The van der Waals surface area contributed by atoms with Crippen molar-refractivity contribution in [3.63, 3.8) is 0 Å². The number of benzene rings is 2. The number of carbonyl (C=O) groups is 2. The van der Waals surface area contributed by atoms with Gasteiger partial charge >= 0.3 is 5.97 Å². The zero-order valence-electron chi connectivity index (χ0n) is 18.8. The third-order valence-corrected chi connectivity index (χ3v) is 6.86. The molecule has 1 saturated carbocycles. The maximum Gasteiger partial charge on any atom is 0.329 e. The van der Waals surface area contributed by atoms with Gasteiger partial charge in [0.05, 0.1) is 18.6 Å². The molecule has 1 amide bonds. The lowest BCUT2D eigenvalue weighted by Gasteiger charge is -2.35. The number of likely N-dealkylation sites (tertiary alicyclic amines) is 1. The highest BCUT2D eigenvalue weighted by atomic mass is 16.5. The molecule has 2 aromatic carbocycles.